The second-order valence-corrected chi connectivity index (χ2v) is 7.61. The third-order valence-electron chi connectivity index (χ3n) is 4.04. The van der Waals surface area contributed by atoms with Crippen molar-refractivity contribution in [1.82, 2.24) is 10.3 Å². The van der Waals surface area contributed by atoms with Crippen molar-refractivity contribution < 1.29 is 8.42 Å². The molecule has 4 nitrogen and oxygen atoms in total. The van der Waals surface area contributed by atoms with E-state index in [0.717, 1.165) is 22.9 Å². The smallest absolute Gasteiger partial charge is 0.150 e. The second kappa shape index (κ2) is 5.14. The number of hydrogen-bond donors (Lipinski definition) is 1. The van der Waals surface area contributed by atoms with Crippen LogP contribution in [0.4, 0.5) is 0 Å². The highest BCUT2D eigenvalue weighted by Crippen LogP contribution is 2.32. The summed E-state index contributed by atoms with van der Waals surface area (Å²) in [6.07, 6.45) is 2.51. The van der Waals surface area contributed by atoms with Crippen molar-refractivity contribution in [3.63, 3.8) is 0 Å². The molecule has 106 valence electrons. The molecule has 1 aromatic heterocycles. The molecular weight excluding hydrogens is 272 g/mol. The average Bonchev–Trinajstić information content (AvgIpc) is 2.80. The Morgan fingerprint density at radius 2 is 2.20 bits per heavy atom. The summed E-state index contributed by atoms with van der Waals surface area (Å²) in [6.45, 7) is 0. The van der Waals surface area contributed by atoms with Gasteiger partial charge in [0.2, 0.25) is 0 Å². The van der Waals surface area contributed by atoms with Gasteiger partial charge in [-0.25, -0.2) is 8.42 Å². The zero-order chi connectivity index (χ0) is 14.2. The van der Waals surface area contributed by atoms with Gasteiger partial charge in [-0.15, -0.1) is 0 Å². The van der Waals surface area contributed by atoms with Gasteiger partial charge in [-0.05, 0) is 43.1 Å². The van der Waals surface area contributed by atoms with E-state index in [4.69, 9.17) is 0 Å². The van der Waals surface area contributed by atoms with Crippen LogP contribution in [0.3, 0.4) is 0 Å². The highest BCUT2D eigenvalue weighted by atomic mass is 32.2. The van der Waals surface area contributed by atoms with E-state index in [1.807, 2.05) is 31.3 Å². The lowest BCUT2D eigenvalue weighted by atomic mass is 9.92. The largest absolute Gasteiger partial charge is 0.313 e. The maximum atomic E-state index is 11.7. The molecule has 1 aromatic carbocycles. The van der Waals surface area contributed by atoms with Crippen molar-refractivity contribution in [2.45, 2.75) is 12.5 Å². The third kappa shape index (κ3) is 2.55. The van der Waals surface area contributed by atoms with E-state index in [2.05, 4.69) is 16.4 Å². The van der Waals surface area contributed by atoms with Gasteiger partial charge in [-0.3, -0.25) is 4.98 Å². The van der Waals surface area contributed by atoms with Gasteiger partial charge in [0.1, 0.15) is 0 Å². The molecule has 2 heterocycles. The third-order valence-corrected chi connectivity index (χ3v) is 5.83. The molecule has 2 atom stereocenters. The number of nitrogens with zero attached hydrogens (tertiary/aromatic N) is 1. The fourth-order valence-corrected chi connectivity index (χ4v) is 4.89. The number of sulfone groups is 1. The molecule has 0 bridgehead atoms. The van der Waals surface area contributed by atoms with Crippen molar-refractivity contribution in [1.29, 1.82) is 0 Å². The van der Waals surface area contributed by atoms with Crippen molar-refractivity contribution in [3.05, 3.63) is 42.1 Å². The Hall–Kier alpha value is -1.46. The summed E-state index contributed by atoms with van der Waals surface area (Å²) in [7, 11) is -0.962. The van der Waals surface area contributed by atoms with Crippen molar-refractivity contribution in [2.75, 3.05) is 18.6 Å². The fourth-order valence-electron chi connectivity index (χ4n) is 3.05. The minimum absolute atomic E-state index is 0.0804. The quantitative estimate of drug-likeness (QED) is 0.938. The van der Waals surface area contributed by atoms with E-state index in [0.29, 0.717) is 5.75 Å². The average molecular weight is 290 g/mol. The number of nitrogens with one attached hydrogen (secondary N) is 1. The molecule has 0 aliphatic carbocycles. The van der Waals surface area contributed by atoms with Crippen molar-refractivity contribution in [2.24, 2.45) is 5.92 Å². The van der Waals surface area contributed by atoms with Gasteiger partial charge < -0.3 is 5.32 Å². The zero-order valence-corrected chi connectivity index (χ0v) is 12.2. The van der Waals surface area contributed by atoms with Gasteiger partial charge >= 0.3 is 0 Å². The van der Waals surface area contributed by atoms with Crippen molar-refractivity contribution >= 4 is 20.7 Å². The predicted octanol–water partition coefficient (Wildman–Crippen LogP) is 1.93. The van der Waals surface area contributed by atoms with Gasteiger partial charge in [-0.2, -0.15) is 0 Å². The van der Waals surface area contributed by atoms with Gasteiger partial charge in [-0.1, -0.05) is 12.1 Å². The Bertz CT molecular complexity index is 727. The fraction of sp³-hybridized carbons (Fsp3) is 0.400. The Labute approximate surface area is 119 Å². The summed E-state index contributed by atoms with van der Waals surface area (Å²) in [5.74, 6) is 0.744. The lowest BCUT2D eigenvalue weighted by Gasteiger charge is -2.22. The molecule has 1 fully saturated rings. The van der Waals surface area contributed by atoms with E-state index in [9.17, 15) is 8.42 Å². The minimum atomic E-state index is -2.85. The Morgan fingerprint density at radius 3 is 2.90 bits per heavy atom. The molecule has 2 unspecified atom stereocenters. The molecule has 1 aliphatic heterocycles. The number of aromatic nitrogens is 1. The molecule has 0 saturated carbocycles. The summed E-state index contributed by atoms with van der Waals surface area (Å²) in [4.78, 5) is 4.31. The van der Waals surface area contributed by atoms with Crippen LogP contribution < -0.4 is 5.32 Å². The van der Waals surface area contributed by atoms with Crippen LogP contribution >= 0.6 is 0 Å². The lowest BCUT2D eigenvalue weighted by molar-refractivity contribution is 0.419. The Balaban J connectivity index is 1.95. The van der Waals surface area contributed by atoms with Crippen LogP contribution in [0.15, 0.2) is 36.5 Å². The molecule has 1 N–H and O–H groups in total. The second-order valence-electron chi connectivity index (χ2n) is 5.39. The number of pyridine rings is 1. The van der Waals surface area contributed by atoms with Gasteiger partial charge in [0.05, 0.1) is 17.0 Å². The standard InChI is InChI=1S/C15H18N2O2S/c1-16-15(13-6-8-20(18,19)10-13)12-4-5-14-11(9-12)3-2-7-17-14/h2-5,7,9,13,15-16H,6,8,10H2,1H3. The van der Waals surface area contributed by atoms with E-state index in [1.165, 1.54) is 0 Å². The number of fused-ring (bicyclic) bond motifs is 1. The van der Waals surface area contributed by atoms with Crippen LogP contribution in [0.25, 0.3) is 10.9 Å². The number of hydrogen-bond acceptors (Lipinski definition) is 4. The number of rotatable bonds is 3. The zero-order valence-electron chi connectivity index (χ0n) is 11.4. The summed E-state index contributed by atoms with van der Waals surface area (Å²) >= 11 is 0. The first kappa shape index (κ1) is 13.5. The first-order valence-corrected chi connectivity index (χ1v) is 8.63. The topological polar surface area (TPSA) is 59.1 Å². The molecule has 3 rings (SSSR count). The van der Waals surface area contributed by atoms with E-state index in [1.54, 1.807) is 6.20 Å². The van der Waals surface area contributed by atoms with Gasteiger partial charge in [0.25, 0.3) is 0 Å². The van der Waals surface area contributed by atoms with Gasteiger partial charge in [0, 0.05) is 17.6 Å². The maximum Gasteiger partial charge on any atom is 0.150 e. The molecule has 1 aliphatic rings. The summed E-state index contributed by atoms with van der Waals surface area (Å²) in [5, 5.41) is 4.37. The summed E-state index contributed by atoms with van der Waals surface area (Å²) in [6, 6.07) is 10.2. The molecule has 1 saturated heterocycles. The van der Waals surface area contributed by atoms with Crippen LogP contribution in [-0.4, -0.2) is 32.0 Å². The molecule has 0 spiro atoms. The molecule has 0 radical (unpaired) electrons. The highest BCUT2D eigenvalue weighted by molar-refractivity contribution is 7.91. The van der Waals surface area contributed by atoms with Crippen LogP contribution in [0, 0.1) is 5.92 Å². The van der Waals surface area contributed by atoms with E-state index >= 15 is 0 Å². The van der Waals surface area contributed by atoms with Crippen molar-refractivity contribution in [3.8, 4) is 0 Å². The summed E-state index contributed by atoms with van der Waals surface area (Å²) < 4.78 is 23.3. The van der Waals surface area contributed by atoms with Crippen LogP contribution in [-0.2, 0) is 9.84 Å². The molecular formula is C15H18N2O2S. The predicted molar refractivity (Wildman–Crippen MR) is 80.3 cm³/mol. The maximum absolute atomic E-state index is 11.7. The monoisotopic (exact) mass is 290 g/mol. The SMILES string of the molecule is CNC(c1ccc2ncccc2c1)C1CCS(=O)(=O)C1. The molecule has 5 heteroatoms. The van der Waals surface area contributed by atoms with Crippen LogP contribution in [0.5, 0.6) is 0 Å². The van der Waals surface area contributed by atoms with Gasteiger partial charge in [0.15, 0.2) is 9.84 Å². The molecule has 0 amide bonds. The van der Waals surface area contributed by atoms with E-state index < -0.39 is 9.84 Å². The summed E-state index contributed by atoms with van der Waals surface area (Å²) in [5.41, 5.74) is 2.10. The van der Waals surface area contributed by atoms with Crippen LogP contribution in [0.2, 0.25) is 0 Å². The first-order chi connectivity index (χ1) is 9.59. The normalized spacial score (nSPS) is 22.9. The Kier molecular flexibility index (Phi) is 3.48. The number of benzene rings is 1. The van der Waals surface area contributed by atoms with Crippen LogP contribution in [0.1, 0.15) is 18.0 Å². The molecule has 2 aromatic rings. The van der Waals surface area contributed by atoms with E-state index in [-0.39, 0.29) is 17.7 Å². The molecule has 20 heavy (non-hydrogen) atoms. The first-order valence-electron chi connectivity index (χ1n) is 6.81. The minimum Gasteiger partial charge on any atom is -0.313 e. The Morgan fingerprint density at radius 1 is 1.35 bits per heavy atom. The lowest BCUT2D eigenvalue weighted by Crippen LogP contribution is -2.26. The highest BCUT2D eigenvalue weighted by Gasteiger charge is 2.33.